The van der Waals surface area contributed by atoms with Crippen molar-refractivity contribution in [3.8, 4) is 0 Å². The smallest absolute Gasteiger partial charge is 0.332 e. The predicted octanol–water partition coefficient (Wildman–Crippen LogP) is 0.486. The molecule has 24 heavy (non-hydrogen) atoms. The van der Waals surface area contributed by atoms with Crippen molar-refractivity contribution in [1.82, 2.24) is 4.90 Å². The molecular weight excluding hydrogens is 336 g/mol. The highest BCUT2D eigenvalue weighted by Crippen LogP contribution is 2.26. The molecule has 2 rings (SSSR count). The molecule has 3 N–H and O–H groups in total. The number of amides is 1. The second kappa shape index (κ2) is 6.88. The standard InChI is InChI=1S/C15H20N2O6S/c1-9(10-3-5-11(6-4-10)24(16,21)22)17(2)14(18)12-7-8-13(23-12)15(19)20/h3-6,9,12-13H,7-8H2,1-2H3,(H,19,20)(H2,16,21,22)/t9?,12-,13+/m0/s1. The van der Waals surface area contributed by atoms with Crippen LogP contribution >= 0.6 is 0 Å². The van der Waals surface area contributed by atoms with Gasteiger partial charge in [0.15, 0.2) is 6.10 Å². The van der Waals surface area contributed by atoms with Crippen molar-refractivity contribution in [3.63, 3.8) is 0 Å². The number of sulfonamides is 1. The van der Waals surface area contributed by atoms with Crippen molar-refractivity contribution in [2.24, 2.45) is 5.14 Å². The van der Waals surface area contributed by atoms with Crippen molar-refractivity contribution < 1.29 is 27.9 Å². The zero-order valence-electron chi connectivity index (χ0n) is 13.4. The third-order valence-electron chi connectivity index (χ3n) is 4.19. The number of carbonyl (C=O) groups excluding carboxylic acids is 1. The fourth-order valence-corrected chi connectivity index (χ4v) is 3.09. The number of aliphatic carboxylic acids is 1. The highest BCUT2D eigenvalue weighted by molar-refractivity contribution is 7.89. The van der Waals surface area contributed by atoms with Crippen molar-refractivity contribution in [1.29, 1.82) is 0 Å². The Balaban J connectivity index is 2.07. The molecule has 1 aromatic carbocycles. The molecule has 0 bridgehead atoms. The van der Waals surface area contributed by atoms with Gasteiger partial charge < -0.3 is 14.7 Å². The van der Waals surface area contributed by atoms with E-state index < -0.39 is 28.2 Å². The fourth-order valence-electron chi connectivity index (χ4n) is 2.58. The maximum atomic E-state index is 12.4. The number of carbonyl (C=O) groups is 2. The van der Waals surface area contributed by atoms with E-state index in [-0.39, 0.29) is 16.8 Å². The normalized spacial score (nSPS) is 22.1. The molecule has 0 aromatic heterocycles. The summed E-state index contributed by atoms with van der Waals surface area (Å²) < 4.78 is 27.8. The molecule has 1 aromatic rings. The van der Waals surface area contributed by atoms with Crippen LogP contribution in [-0.4, -0.2) is 49.6 Å². The fraction of sp³-hybridized carbons (Fsp3) is 0.467. The van der Waals surface area contributed by atoms with Crippen LogP contribution in [0.1, 0.15) is 31.4 Å². The van der Waals surface area contributed by atoms with Crippen LogP contribution in [-0.2, 0) is 24.3 Å². The molecule has 1 unspecified atom stereocenters. The Morgan fingerprint density at radius 3 is 2.25 bits per heavy atom. The summed E-state index contributed by atoms with van der Waals surface area (Å²) in [5.41, 5.74) is 0.728. The Hall–Kier alpha value is -1.97. The first kappa shape index (κ1) is 18.4. The third-order valence-corrected chi connectivity index (χ3v) is 5.12. The zero-order valence-corrected chi connectivity index (χ0v) is 14.2. The van der Waals surface area contributed by atoms with Gasteiger partial charge in [0, 0.05) is 7.05 Å². The largest absolute Gasteiger partial charge is 0.479 e. The molecule has 9 heteroatoms. The molecule has 1 aliphatic rings. The average molecular weight is 356 g/mol. The van der Waals surface area contributed by atoms with E-state index in [4.69, 9.17) is 15.0 Å². The van der Waals surface area contributed by atoms with E-state index in [0.29, 0.717) is 12.8 Å². The van der Waals surface area contributed by atoms with Crippen LogP contribution < -0.4 is 5.14 Å². The van der Waals surface area contributed by atoms with Gasteiger partial charge in [-0.2, -0.15) is 0 Å². The molecule has 1 aliphatic heterocycles. The third kappa shape index (κ3) is 3.92. The lowest BCUT2D eigenvalue weighted by atomic mass is 10.1. The van der Waals surface area contributed by atoms with Gasteiger partial charge in [0.2, 0.25) is 10.0 Å². The number of hydrogen-bond acceptors (Lipinski definition) is 5. The van der Waals surface area contributed by atoms with Gasteiger partial charge in [-0.05, 0) is 37.5 Å². The minimum atomic E-state index is -3.77. The summed E-state index contributed by atoms with van der Waals surface area (Å²) in [5, 5.41) is 14.0. The van der Waals surface area contributed by atoms with Gasteiger partial charge in [-0.1, -0.05) is 12.1 Å². The number of ether oxygens (including phenoxy) is 1. The van der Waals surface area contributed by atoms with Crippen LogP contribution in [0.2, 0.25) is 0 Å². The van der Waals surface area contributed by atoms with E-state index in [1.165, 1.54) is 17.0 Å². The molecule has 1 fully saturated rings. The lowest BCUT2D eigenvalue weighted by molar-refractivity contribution is -0.155. The van der Waals surface area contributed by atoms with Crippen LogP contribution in [0.5, 0.6) is 0 Å². The molecule has 1 saturated heterocycles. The summed E-state index contributed by atoms with van der Waals surface area (Å²) in [4.78, 5) is 24.8. The lowest BCUT2D eigenvalue weighted by Crippen LogP contribution is -2.38. The predicted molar refractivity (Wildman–Crippen MR) is 84.5 cm³/mol. The molecule has 0 radical (unpaired) electrons. The summed E-state index contributed by atoms with van der Waals surface area (Å²) >= 11 is 0. The number of likely N-dealkylation sites (N-methyl/N-ethyl adjacent to an activating group) is 1. The summed E-state index contributed by atoms with van der Waals surface area (Å²) in [6.07, 6.45) is -1.06. The highest BCUT2D eigenvalue weighted by atomic mass is 32.2. The first-order valence-corrected chi connectivity index (χ1v) is 8.93. The van der Waals surface area contributed by atoms with Gasteiger partial charge in [0.05, 0.1) is 10.9 Å². The van der Waals surface area contributed by atoms with Crippen molar-refractivity contribution in [2.45, 2.75) is 42.9 Å². The van der Waals surface area contributed by atoms with E-state index in [2.05, 4.69) is 0 Å². The van der Waals surface area contributed by atoms with Gasteiger partial charge in [-0.3, -0.25) is 4.79 Å². The summed E-state index contributed by atoms with van der Waals surface area (Å²) in [7, 11) is -2.17. The molecular formula is C15H20N2O6S. The first-order chi connectivity index (χ1) is 11.1. The minimum Gasteiger partial charge on any atom is -0.479 e. The van der Waals surface area contributed by atoms with Gasteiger partial charge in [-0.25, -0.2) is 18.4 Å². The first-order valence-electron chi connectivity index (χ1n) is 7.39. The van der Waals surface area contributed by atoms with Crippen molar-refractivity contribution >= 4 is 21.9 Å². The number of primary sulfonamides is 1. The summed E-state index contributed by atoms with van der Waals surface area (Å²) in [6.45, 7) is 1.79. The van der Waals surface area contributed by atoms with Gasteiger partial charge in [-0.15, -0.1) is 0 Å². The molecule has 1 heterocycles. The Labute approximate surface area is 140 Å². The maximum Gasteiger partial charge on any atom is 0.332 e. The monoisotopic (exact) mass is 356 g/mol. The Kier molecular flexibility index (Phi) is 5.26. The number of benzene rings is 1. The van der Waals surface area contributed by atoms with Crippen LogP contribution in [0.4, 0.5) is 0 Å². The second-order valence-electron chi connectivity index (χ2n) is 5.77. The quantitative estimate of drug-likeness (QED) is 0.790. The average Bonchev–Trinajstić information content (AvgIpc) is 3.02. The number of nitrogens with zero attached hydrogens (tertiary/aromatic N) is 1. The maximum absolute atomic E-state index is 12.4. The van der Waals surface area contributed by atoms with E-state index in [0.717, 1.165) is 5.56 Å². The minimum absolute atomic E-state index is 0.00384. The highest BCUT2D eigenvalue weighted by Gasteiger charge is 2.37. The van der Waals surface area contributed by atoms with E-state index >= 15 is 0 Å². The Morgan fingerprint density at radius 1 is 1.25 bits per heavy atom. The number of rotatable bonds is 5. The van der Waals surface area contributed by atoms with E-state index in [1.807, 2.05) is 0 Å². The van der Waals surface area contributed by atoms with Gasteiger partial charge in [0.1, 0.15) is 6.10 Å². The number of nitrogens with two attached hydrogens (primary N) is 1. The van der Waals surface area contributed by atoms with Crippen LogP contribution in [0, 0.1) is 0 Å². The molecule has 8 nitrogen and oxygen atoms in total. The molecule has 0 aliphatic carbocycles. The van der Waals surface area contributed by atoms with Crippen LogP contribution in [0.3, 0.4) is 0 Å². The molecule has 3 atom stereocenters. The topological polar surface area (TPSA) is 127 Å². The SMILES string of the molecule is CC(c1ccc(S(N)(=O)=O)cc1)N(C)C(=O)[C@@H]1CC[C@H](C(=O)O)O1. The van der Waals surface area contributed by atoms with Gasteiger partial charge >= 0.3 is 5.97 Å². The number of hydrogen-bond donors (Lipinski definition) is 2. The van der Waals surface area contributed by atoms with E-state index in [1.54, 1.807) is 26.1 Å². The Bertz CT molecular complexity index is 731. The summed E-state index contributed by atoms with van der Waals surface area (Å²) in [5.74, 6) is -1.37. The van der Waals surface area contributed by atoms with Crippen molar-refractivity contribution in [2.75, 3.05) is 7.05 Å². The zero-order chi connectivity index (χ0) is 18.1. The van der Waals surface area contributed by atoms with E-state index in [9.17, 15) is 18.0 Å². The van der Waals surface area contributed by atoms with Gasteiger partial charge in [0.25, 0.3) is 5.91 Å². The molecule has 0 spiro atoms. The molecule has 1 amide bonds. The lowest BCUT2D eigenvalue weighted by Gasteiger charge is -2.27. The summed E-state index contributed by atoms with van der Waals surface area (Å²) in [6, 6.07) is 5.60. The number of carboxylic acid groups (broad SMARTS) is 1. The number of carboxylic acids is 1. The Morgan fingerprint density at radius 2 is 1.79 bits per heavy atom. The van der Waals surface area contributed by atoms with Crippen LogP contribution in [0.15, 0.2) is 29.2 Å². The second-order valence-corrected chi connectivity index (χ2v) is 7.33. The van der Waals surface area contributed by atoms with Crippen molar-refractivity contribution in [3.05, 3.63) is 29.8 Å². The molecule has 0 saturated carbocycles. The van der Waals surface area contributed by atoms with Crippen LogP contribution in [0.25, 0.3) is 0 Å². The molecule has 132 valence electrons.